The maximum absolute atomic E-state index is 12.4. The van der Waals surface area contributed by atoms with Crippen molar-refractivity contribution >= 4 is 33.4 Å². The van der Waals surface area contributed by atoms with Gasteiger partial charge in [-0.25, -0.2) is 0 Å². The van der Waals surface area contributed by atoms with Gasteiger partial charge >= 0.3 is 0 Å². The van der Waals surface area contributed by atoms with Gasteiger partial charge in [-0.15, -0.1) is 10.2 Å². The Hall–Kier alpha value is -1.76. The van der Waals surface area contributed by atoms with E-state index in [2.05, 4.69) is 31.4 Å². The normalized spacial score (nSPS) is 22.6. The van der Waals surface area contributed by atoms with E-state index in [9.17, 15) is 4.79 Å². The smallest absolute Gasteiger partial charge is 0.226 e. The predicted molar refractivity (Wildman–Crippen MR) is 92.4 cm³/mol. The largest absolute Gasteiger partial charge is 0.384 e. The standard InChI is InChI=1S/C16H20BrN5O/c17-12-4-3-5-13(10-12)19-21-20-15(18)14-6-1-2-9-22(14)16(23)11-7-8-11/h3-5,10-11,14H,1-2,6-9H2,(H2,18,19,20). The van der Waals surface area contributed by atoms with E-state index in [0.29, 0.717) is 11.5 Å². The molecule has 1 saturated carbocycles. The van der Waals surface area contributed by atoms with E-state index in [0.717, 1.165) is 43.1 Å². The van der Waals surface area contributed by atoms with Crippen LogP contribution in [0.2, 0.25) is 0 Å². The summed E-state index contributed by atoms with van der Waals surface area (Å²) in [6.07, 6.45) is 4.93. The number of rotatable bonds is 4. The molecule has 23 heavy (non-hydrogen) atoms. The zero-order chi connectivity index (χ0) is 16.2. The van der Waals surface area contributed by atoms with Crippen LogP contribution in [0.15, 0.2) is 44.2 Å². The first-order valence-corrected chi connectivity index (χ1v) is 8.74. The van der Waals surface area contributed by atoms with Gasteiger partial charge in [-0.05, 0) is 55.5 Å². The van der Waals surface area contributed by atoms with Crippen LogP contribution in [0.4, 0.5) is 5.69 Å². The molecule has 2 fully saturated rings. The van der Waals surface area contributed by atoms with Gasteiger partial charge in [0.05, 0.1) is 11.7 Å². The molecule has 1 amide bonds. The van der Waals surface area contributed by atoms with Gasteiger partial charge in [-0.3, -0.25) is 4.79 Å². The number of carbonyl (C=O) groups excluding carboxylic acids is 1. The second-order valence-corrected chi connectivity index (χ2v) is 6.93. The van der Waals surface area contributed by atoms with Crippen molar-refractivity contribution in [2.75, 3.05) is 6.54 Å². The molecule has 1 aliphatic carbocycles. The summed E-state index contributed by atoms with van der Waals surface area (Å²) in [5.74, 6) is 0.793. The van der Waals surface area contributed by atoms with E-state index < -0.39 is 0 Å². The van der Waals surface area contributed by atoms with Crippen LogP contribution in [0.3, 0.4) is 0 Å². The number of carbonyl (C=O) groups is 1. The zero-order valence-electron chi connectivity index (χ0n) is 12.9. The first kappa shape index (κ1) is 16.1. The second kappa shape index (κ2) is 7.21. The van der Waals surface area contributed by atoms with Gasteiger partial charge in [-0.1, -0.05) is 22.0 Å². The number of nitrogens with zero attached hydrogens (tertiary/aromatic N) is 4. The van der Waals surface area contributed by atoms with Gasteiger partial charge in [0.1, 0.15) is 5.84 Å². The van der Waals surface area contributed by atoms with Crippen LogP contribution in [0.1, 0.15) is 32.1 Å². The Morgan fingerprint density at radius 2 is 2.09 bits per heavy atom. The highest BCUT2D eigenvalue weighted by Gasteiger charge is 2.38. The van der Waals surface area contributed by atoms with Crippen LogP contribution in [-0.4, -0.2) is 29.2 Å². The van der Waals surface area contributed by atoms with Crippen LogP contribution in [0.5, 0.6) is 0 Å². The third-order valence-electron chi connectivity index (χ3n) is 4.18. The molecule has 1 heterocycles. The molecule has 2 aliphatic rings. The Kier molecular flexibility index (Phi) is 5.05. The minimum absolute atomic E-state index is 0.140. The van der Waals surface area contributed by atoms with E-state index in [-0.39, 0.29) is 17.9 Å². The van der Waals surface area contributed by atoms with Gasteiger partial charge < -0.3 is 10.6 Å². The lowest BCUT2D eigenvalue weighted by atomic mass is 10.0. The molecular weight excluding hydrogens is 358 g/mol. The monoisotopic (exact) mass is 377 g/mol. The quantitative estimate of drug-likeness (QED) is 0.376. The highest BCUT2D eigenvalue weighted by molar-refractivity contribution is 9.10. The molecule has 1 atom stereocenters. The van der Waals surface area contributed by atoms with Crippen LogP contribution in [0, 0.1) is 5.92 Å². The molecule has 0 aromatic heterocycles. The summed E-state index contributed by atoms with van der Waals surface area (Å²) in [5.41, 5.74) is 6.78. The van der Waals surface area contributed by atoms with E-state index in [1.165, 1.54) is 0 Å². The highest BCUT2D eigenvalue weighted by Crippen LogP contribution is 2.33. The van der Waals surface area contributed by atoms with Crippen molar-refractivity contribution in [1.29, 1.82) is 0 Å². The van der Waals surface area contributed by atoms with E-state index in [1.807, 2.05) is 29.2 Å². The van der Waals surface area contributed by atoms with Gasteiger partial charge in [-0.2, -0.15) is 0 Å². The Morgan fingerprint density at radius 1 is 1.26 bits per heavy atom. The van der Waals surface area contributed by atoms with E-state index >= 15 is 0 Å². The van der Waals surface area contributed by atoms with Crippen LogP contribution in [-0.2, 0) is 4.79 Å². The molecule has 1 unspecified atom stereocenters. The summed E-state index contributed by atoms with van der Waals surface area (Å²) in [5, 5.41) is 11.9. The van der Waals surface area contributed by atoms with Crippen molar-refractivity contribution in [2.45, 2.75) is 38.1 Å². The number of nitrogens with two attached hydrogens (primary N) is 1. The lowest BCUT2D eigenvalue weighted by molar-refractivity contribution is -0.134. The molecule has 2 N–H and O–H groups in total. The number of benzene rings is 1. The molecular formula is C16H20BrN5O. The summed E-state index contributed by atoms with van der Waals surface area (Å²) >= 11 is 3.38. The SMILES string of the molecule is NC(=NN=Nc1cccc(Br)c1)C1CCCCN1C(=O)C1CC1. The summed E-state index contributed by atoms with van der Waals surface area (Å²) in [6, 6.07) is 7.34. The van der Waals surface area contributed by atoms with Crippen molar-refractivity contribution in [1.82, 2.24) is 4.90 Å². The number of likely N-dealkylation sites (tertiary alicyclic amines) is 1. The third-order valence-corrected chi connectivity index (χ3v) is 4.68. The molecule has 1 saturated heterocycles. The minimum atomic E-state index is -0.140. The lowest BCUT2D eigenvalue weighted by Crippen LogP contribution is -2.51. The zero-order valence-corrected chi connectivity index (χ0v) is 14.4. The molecule has 3 rings (SSSR count). The molecule has 0 bridgehead atoms. The third kappa shape index (κ3) is 4.16. The molecule has 122 valence electrons. The van der Waals surface area contributed by atoms with Crippen LogP contribution < -0.4 is 5.73 Å². The van der Waals surface area contributed by atoms with Crippen LogP contribution >= 0.6 is 15.9 Å². The fraction of sp³-hybridized carbons (Fsp3) is 0.500. The van der Waals surface area contributed by atoms with Crippen molar-refractivity contribution < 1.29 is 4.79 Å². The number of amidine groups is 1. The molecule has 0 spiro atoms. The highest BCUT2D eigenvalue weighted by atomic mass is 79.9. The molecule has 1 aromatic carbocycles. The molecule has 0 radical (unpaired) electrons. The molecule has 1 aromatic rings. The molecule has 6 nitrogen and oxygen atoms in total. The van der Waals surface area contributed by atoms with Gasteiger partial charge in [0, 0.05) is 16.9 Å². The van der Waals surface area contributed by atoms with Crippen molar-refractivity contribution in [2.24, 2.45) is 27.1 Å². The summed E-state index contributed by atoms with van der Waals surface area (Å²) in [4.78, 5) is 14.2. The fourth-order valence-electron chi connectivity index (χ4n) is 2.80. The summed E-state index contributed by atoms with van der Waals surface area (Å²) in [7, 11) is 0. The Bertz CT molecular complexity index is 641. The molecule has 1 aliphatic heterocycles. The first-order chi connectivity index (χ1) is 11.1. The van der Waals surface area contributed by atoms with E-state index in [4.69, 9.17) is 5.73 Å². The summed E-state index contributed by atoms with van der Waals surface area (Å²) in [6.45, 7) is 0.763. The van der Waals surface area contributed by atoms with E-state index in [1.54, 1.807) is 0 Å². The van der Waals surface area contributed by atoms with Crippen molar-refractivity contribution in [3.8, 4) is 0 Å². The lowest BCUT2D eigenvalue weighted by Gasteiger charge is -2.35. The number of hydrogen-bond acceptors (Lipinski definition) is 3. The Labute approximate surface area is 144 Å². The maximum atomic E-state index is 12.4. The average Bonchev–Trinajstić information content (AvgIpc) is 3.39. The Balaban J connectivity index is 1.69. The first-order valence-electron chi connectivity index (χ1n) is 7.95. The molecule has 7 heteroatoms. The van der Waals surface area contributed by atoms with Crippen LogP contribution in [0.25, 0.3) is 0 Å². The second-order valence-electron chi connectivity index (χ2n) is 6.01. The number of hydrogen-bond donors (Lipinski definition) is 1. The maximum Gasteiger partial charge on any atom is 0.226 e. The van der Waals surface area contributed by atoms with Crippen molar-refractivity contribution in [3.63, 3.8) is 0 Å². The average molecular weight is 378 g/mol. The summed E-state index contributed by atoms with van der Waals surface area (Å²) < 4.78 is 0.930. The van der Waals surface area contributed by atoms with Gasteiger partial charge in [0.25, 0.3) is 0 Å². The van der Waals surface area contributed by atoms with Gasteiger partial charge in [0.2, 0.25) is 5.91 Å². The topological polar surface area (TPSA) is 83.4 Å². The fourth-order valence-corrected chi connectivity index (χ4v) is 3.19. The van der Waals surface area contributed by atoms with Crippen molar-refractivity contribution in [3.05, 3.63) is 28.7 Å². The number of piperidine rings is 1. The minimum Gasteiger partial charge on any atom is -0.384 e. The number of amides is 1. The van der Waals surface area contributed by atoms with Gasteiger partial charge in [0.15, 0.2) is 0 Å². The Morgan fingerprint density at radius 3 is 2.83 bits per heavy atom. The number of halogens is 1. The predicted octanol–water partition coefficient (Wildman–Crippen LogP) is 3.60.